The molecule has 1 rings (SSSR count). The molecule has 1 amide bonds. The largest absolute Gasteiger partial charge is 0.352 e. The van der Waals surface area contributed by atoms with Crippen molar-refractivity contribution < 1.29 is 4.79 Å². The van der Waals surface area contributed by atoms with Crippen LogP contribution in [0.4, 0.5) is 0 Å². The first-order valence-electron chi connectivity index (χ1n) is 5.13. The van der Waals surface area contributed by atoms with Gasteiger partial charge in [-0.2, -0.15) is 0 Å². The van der Waals surface area contributed by atoms with E-state index in [2.05, 4.69) is 24.1 Å². The molecule has 0 saturated heterocycles. The summed E-state index contributed by atoms with van der Waals surface area (Å²) in [7, 11) is 0. The number of carbonyl (C=O) groups excluding carboxylic acids is 1. The monoisotopic (exact) mass is 260 g/mol. The summed E-state index contributed by atoms with van der Waals surface area (Å²) < 4.78 is 0. The van der Waals surface area contributed by atoms with E-state index < -0.39 is 0 Å². The SMILES string of the molecule is CCC(C)CNC(=O)c1cc(Cl)ncc1Cl. The number of pyridine rings is 1. The van der Waals surface area contributed by atoms with E-state index in [4.69, 9.17) is 23.2 Å². The van der Waals surface area contributed by atoms with E-state index in [0.717, 1.165) is 6.42 Å². The van der Waals surface area contributed by atoms with Crippen molar-refractivity contribution in [3.63, 3.8) is 0 Å². The molecule has 5 heteroatoms. The van der Waals surface area contributed by atoms with Gasteiger partial charge in [-0.15, -0.1) is 0 Å². The lowest BCUT2D eigenvalue weighted by Crippen LogP contribution is -2.28. The molecule has 0 fully saturated rings. The zero-order valence-electron chi connectivity index (χ0n) is 9.26. The van der Waals surface area contributed by atoms with E-state index in [1.165, 1.54) is 12.3 Å². The zero-order valence-corrected chi connectivity index (χ0v) is 10.8. The number of aromatic nitrogens is 1. The van der Waals surface area contributed by atoms with E-state index in [1.54, 1.807) is 0 Å². The van der Waals surface area contributed by atoms with E-state index >= 15 is 0 Å². The van der Waals surface area contributed by atoms with Gasteiger partial charge in [0.1, 0.15) is 5.15 Å². The summed E-state index contributed by atoms with van der Waals surface area (Å²) in [5.41, 5.74) is 0.366. The molecule has 1 aromatic rings. The van der Waals surface area contributed by atoms with Crippen LogP contribution in [0.2, 0.25) is 10.2 Å². The maximum absolute atomic E-state index is 11.8. The topological polar surface area (TPSA) is 42.0 Å². The average molecular weight is 261 g/mol. The lowest BCUT2D eigenvalue weighted by molar-refractivity contribution is 0.0948. The highest BCUT2D eigenvalue weighted by atomic mass is 35.5. The van der Waals surface area contributed by atoms with Crippen LogP contribution in [0.15, 0.2) is 12.3 Å². The molecule has 88 valence electrons. The van der Waals surface area contributed by atoms with E-state index in [0.29, 0.717) is 23.0 Å². The Morgan fingerprint density at radius 2 is 2.25 bits per heavy atom. The van der Waals surface area contributed by atoms with Crippen LogP contribution in [0.1, 0.15) is 30.6 Å². The van der Waals surface area contributed by atoms with E-state index in [-0.39, 0.29) is 11.1 Å². The van der Waals surface area contributed by atoms with E-state index in [9.17, 15) is 4.79 Å². The molecule has 3 nitrogen and oxygen atoms in total. The molecule has 1 aromatic heterocycles. The van der Waals surface area contributed by atoms with Crippen molar-refractivity contribution in [1.82, 2.24) is 10.3 Å². The molecule has 0 bridgehead atoms. The second-order valence-corrected chi connectivity index (χ2v) is 4.50. The molecule has 0 aliphatic heterocycles. The molecule has 0 aliphatic carbocycles. The Morgan fingerprint density at radius 3 is 2.88 bits per heavy atom. The summed E-state index contributed by atoms with van der Waals surface area (Å²) >= 11 is 11.6. The average Bonchev–Trinajstić information content (AvgIpc) is 2.28. The van der Waals surface area contributed by atoms with Crippen molar-refractivity contribution in [2.75, 3.05) is 6.54 Å². The first-order valence-corrected chi connectivity index (χ1v) is 5.89. The lowest BCUT2D eigenvalue weighted by Gasteiger charge is -2.10. The minimum atomic E-state index is -0.213. The third-order valence-corrected chi connectivity index (χ3v) is 2.88. The Bertz CT molecular complexity index is 382. The molecule has 1 N–H and O–H groups in total. The van der Waals surface area contributed by atoms with Crippen molar-refractivity contribution in [2.24, 2.45) is 5.92 Å². The van der Waals surface area contributed by atoms with Gasteiger partial charge in [0, 0.05) is 12.7 Å². The number of hydrogen-bond donors (Lipinski definition) is 1. The van der Waals surface area contributed by atoms with Gasteiger partial charge in [0.25, 0.3) is 5.91 Å². The summed E-state index contributed by atoms with van der Waals surface area (Å²) in [6, 6.07) is 1.47. The molecule has 16 heavy (non-hydrogen) atoms. The molecular formula is C11H14Cl2N2O. The van der Waals surface area contributed by atoms with Crippen molar-refractivity contribution >= 4 is 29.1 Å². The number of halogens is 2. The predicted molar refractivity (Wildman–Crippen MR) is 66.0 cm³/mol. The lowest BCUT2D eigenvalue weighted by atomic mass is 10.1. The quantitative estimate of drug-likeness (QED) is 0.846. The van der Waals surface area contributed by atoms with Crippen LogP contribution in [0, 0.1) is 5.92 Å². The Morgan fingerprint density at radius 1 is 1.56 bits per heavy atom. The Labute approximate surface area is 105 Å². The van der Waals surface area contributed by atoms with Gasteiger partial charge in [0.2, 0.25) is 0 Å². The number of rotatable bonds is 4. The van der Waals surface area contributed by atoms with Gasteiger partial charge in [-0.25, -0.2) is 4.98 Å². The second-order valence-electron chi connectivity index (χ2n) is 3.71. The van der Waals surface area contributed by atoms with E-state index in [1.807, 2.05) is 0 Å². The normalized spacial score (nSPS) is 12.2. The van der Waals surface area contributed by atoms with Gasteiger partial charge in [-0.1, -0.05) is 43.5 Å². The highest BCUT2D eigenvalue weighted by molar-refractivity contribution is 6.35. The fraction of sp³-hybridized carbons (Fsp3) is 0.455. The summed E-state index contributed by atoms with van der Waals surface area (Å²) in [4.78, 5) is 15.5. The third kappa shape index (κ3) is 3.65. The van der Waals surface area contributed by atoms with Crippen molar-refractivity contribution in [3.05, 3.63) is 28.0 Å². The molecule has 1 heterocycles. The summed E-state index contributed by atoms with van der Waals surface area (Å²) in [5.74, 6) is 0.231. The highest BCUT2D eigenvalue weighted by Crippen LogP contribution is 2.17. The second kappa shape index (κ2) is 6.06. The number of nitrogens with one attached hydrogen (secondary N) is 1. The summed E-state index contributed by atoms with van der Waals surface area (Å²) in [5, 5.41) is 3.38. The van der Waals surface area contributed by atoms with Gasteiger partial charge < -0.3 is 5.32 Å². The van der Waals surface area contributed by atoms with Gasteiger partial charge >= 0.3 is 0 Å². The van der Waals surface area contributed by atoms with Crippen LogP contribution in [0.5, 0.6) is 0 Å². The molecule has 0 radical (unpaired) electrons. The zero-order chi connectivity index (χ0) is 12.1. The first kappa shape index (κ1) is 13.3. The molecule has 1 atom stereocenters. The van der Waals surface area contributed by atoms with Crippen LogP contribution >= 0.6 is 23.2 Å². The Kier molecular flexibility index (Phi) is 5.03. The van der Waals surface area contributed by atoms with Crippen LogP contribution in [0.3, 0.4) is 0 Å². The number of amides is 1. The fourth-order valence-corrected chi connectivity index (χ4v) is 1.44. The molecule has 0 aliphatic rings. The molecular weight excluding hydrogens is 247 g/mol. The summed E-state index contributed by atoms with van der Waals surface area (Å²) in [6.45, 7) is 4.78. The van der Waals surface area contributed by atoms with Crippen LogP contribution in [-0.4, -0.2) is 17.4 Å². The molecule has 0 saturated carbocycles. The first-order chi connectivity index (χ1) is 7.54. The molecule has 0 aromatic carbocycles. The van der Waals surface area contributed by atoms with Gasteiger partial charge in [-0.3, -0.25) is 4.79 Å². The van der Waals surface area contributed by atoms with Gasteiger partial charge in [0.15, 0.2) is 0 Å². The minimum absolute atomic E-state index is 0.213. The van der Waals surface area contributed by atoms with Crippen molar-refractivity contribution in [3.8, 4) is 0 Å². The van der Waals surface area contributed by atoms with Crippen molar-refractivity contribution in [1.29, 1.82) is 0 Å². The van der Waals surface area contributed by atoms with Crippen LogP contribution in [-0.2, 0) is 0 Å². The van der Waals surface area contributed by atoms with Crippen LogP contribution < -0.4 is 5.32 Å². The Balaban J connectivity index is 2.69. The Hall–Kier alpha value is -0.800. The smallest absolute Gasteiger partial charge is 0.252 e. The maximum atomic E-state index is 11.8. The van der Waals surface area contributed by atoms with Crippen molar-refractivity contribution in [2.45, 2.75) is 20.3 Å². The van der Waals surface area contributed by atoms with Gasteiger partial charge in [-0.05, 0) is 12.0 Å². The number of hydrogen-bond acceptors (Lipinski definition) is 2. The van der Waals surface area contributed by atoms with Gasteiger partial charge in [0.05, 0.1) is 10.6 Å². The third-order valence-electron chi connectivity index (χ3n) is 2.37. The summed E-state index contributed by atoms with van der Waals surface area (Å²) in [6.07, 6.45) is 2.40. The number of nitrogens with zero attached hydrogens (tertiary/aromatic N) is 1. The standard InChI is InChI=1S/C11H14Cl2N2O/c1-3-7(2)5-15-11(16)8-4-10(13)14-6-9(8)12/h4,6-7H,3,5H2,1-2H3,(H,15,16). The fourth-order valence-electron chi connectivity index (χ4n) is 1.09. The minimum Gasteiger partial charge on any atom is -0.352 e. The molecule has 0 spiro atoms. The highest BCUT2D eigenvalue weighted by Gasteiger charge is 2.12. The predicted octanol–water partition coefficient (Wildman–Crippen LogP) is 3.16. The maximum Gasteiger partial charge on any atom is 0.252 e. The number of carbonyl (C=O) groups is 1. The van der Waals surface area contributed by atoms with Crippen LogP contribution in [0.25, 0.3) is 0 Å². The molecule has 1 unspecified atom stereocenters.